The molecule has 0 bridgehead atoms. The van der Waals surface area contributed by atoms with Crippen LogP contribution in [0, 0.1) is 0 Å². The second kappa shape index (κ2) is 6.22. The first-order valence-corrected chi connectivity index (χ1v) is 6.77. The van der Waals surface area contributed by atoms with Crippen molar-refractivity contribution in [3.05, 3.63) is 23.7 Å². The van der Waals surface area contributed by atoms with Crippen molar-refractivity contribution in [1.82, 2.24) is 5.32 Å². The molecule has 1 aliphatic heterocycles. The quantitative estimate of drug-likeness (QED) is 0.854. The standard InChI is InChI=1S/C14H23NO2/c1-3-8-15-11-7-9-16-14(10-11)13-6-5-12(4-2)17-13/h5-6,11,14-15H,3-4,7-10H2,1-2H3. The number of furan rings is 1. The lowest BCUT2D eigenvalue weighted by molar-refractivity contribution is -0.0122. The first-order valence-electron chi connectivity index (χ1n) is 6.77. The largest absolute Gasteiger partial charge is 0.463 e. The number of nitrogens with one attached hydrogen (secondary N) is 1. The Labute approximate surface area is 104 Å². The lowest BCUT2D eigenvalue weighted by Crippen LogP contribution is -2.36. The highest BCUT2D eigenvalue weighted by molar-refractivity contribution is 5.10. The number of hydrogen-bond acceptors (Lipinski definition) is 3. The monoisotopic (exact) mass is 237 g/mol. The van der Waals surface area contributed by atoms with E-state index < -0.39 is 0 Å². The average Bonchev–Trinajstić information content (AvgIpc) is 2.85. The van der Waals surface area contributed by atoms with E-state index in [0.29, 0.717) is 6.04 Å². The fourth-order valence-electron chi connectivity index (χ4n) is 2.29. The van der Waals surface area contributed by atoms with Gasteiger partial charge in [-0.25, -0.2) is 0 Å². The van der Waals surface area contributed by atoms with Crippen LogP contribution < -0.4 is 5.32 Å². The van der Waals surface area contributed by atoms with E-state index in [-0.39, 0.29) is 6.10 Å². The number of hydrogen-bond donors (Lipinski definition) is 1. The molecule has 1 saturated heterocycles. The fourth-order valence-corrected chi connectivity index (χ4v) is 2.29. The summed E-state index contributed by atoms with van der Waals surface area (Å²) in [4.78, 5) is 0. The topological polar surface area (TPSA) is 34.4 Å². The second-order valence-corrected chi connectivity index (χ2v) is 4.69. The van der Waals surface area contributed by atoms with Crippen LogP contribution in [0.4, 0.5) is 0 Å². The molecule has 0 aliphatic carbocycles. The van der Waals surface area contributed by atoms with Gasteiger partial charge < -0.3 is 14.5 Å². The van der Waals surface area contributed by atoms with Crippen LogP contribution in [0.2, 0.25) is 0 Å². The smallest absolute Gasteiger partial charge is 0.133 e. The Morgan fingerprint density at radius 2 is 2.24 bits per heavy atom. The van der Waals surface area contributed by atoms with Crippen molar-refractivity contribution in [3.63, 3.8) is 0 Å². The summed E-state index contributed by atoms with van der Waals surface area (Å²) in [5, 5.41) is 3.57. The van der Waals surface area contributed by atoms with Crippen molar-refractivity contribution in [2.45, 2.75) is 51.7 Å². The predicted molar refractivity (Wildman–Crippen MR) is 68.1 cm³/mol. The maximum atomic E-state index is 5.80. The highest BCUT2D eigenvalue weighted by Gasteiger charge is 2.25. The molecular formula is C14H23NO2. The van der Waals surface area contributed by atoms with Crippen LogP contribution in [0.5, 0.6) is 0 Å². The molecule has 0 spiro atoms. The molecule has 3 nitrogen and oxygen atoms in total. The van der Waals surface area contributed by atoms with Crippen LogP contribution in [-0.4, -0.2) is 19.2 Å². The van der Waals surface area contributed by atoms with Gasteiger partial charge in [0.05, 0.1) is 0 Å². The molecule has 1 aliphatic rings. The molecule has 1 aromatic heterocycles. The second-order valence-electron chi connectivity index (χ2n) is 4.69. The Balaban J connectivity index is 1.92. The van der Waals surface area contributed by atoms with E-state index in [4.69, 9.17) is 9.15 Å². The summed E-state index contributed by atoms with van der Waals surface area (Å²) < 4.78 is 11.6. The zero-order chi connectivity index (χ0) is 12.1. The van der Waals surface area contributed by atoms with Gasteiger partial charge >= 0.3 is 0 Å². The summed E-state index contributed by atoms with van der Waals surface area (Å²) >= 11 is 0. The molecule has 0 aromatic carbocycles. The van der Waals surface area contributed by atoms with Crippen LogP contribution >= 0.6 is 0 Å². The molecule has 0 radical (unpaired) electrons. The van der Waals surface area contributed by atoms with Gasteiger partial charge in [-0.05, 0) is 37.9 Å². The van der Waals surface area contributed by atoms with Crippen LogP contribution in [-0.2, 0) is 11.2 Å². The highest BCUT2D eigenvalue weighted by atomic mass is 16.5. The van der Waals surface area contributed by atoms with Crippen LogP contribution in [0.1, 0.15) is 50.7 Å². The lowest BCUT2D eigenvalue weighted by Gasteiger charge is -2.29. The van der Waals surface area contributed by atoms with E-state index in [2.05, 4.69) is 31.3 Å². The predicted octanol–water partition coefficient (Wildman–Crippen LogP) is 3.06. The summed E-state index contributed by atoms with van der Waals surface area (Å²) in [5.74, 6) is 2.04. The van der Waals surface area contributed by atoms with Gasteiger partial charge in [-0.15, -0.1) is 0 Å². The summed E-state index contributed by atoms with van der Waals surface area (Å²) in [7, 11) is 0. The minimum Gasteiger partial charge on any atom is -0.463 e. The minimum absolute atomic E-state index is 0.137. The minimum atomic E-state index is 0.137. The van der Waals surface area contributed by atoms with Gasteiger partial charge in [0, 0.05) is 19.1 Å². The summed E-state index contributed by atoms with van der Waals surface area (Å²) in [5.41, 5.74) is 0. The normalized spacial score (nSPS) is 25.1. The van der Waals surface area contributed by atoms with Gasteiger partial charge in [0.15, 0.2) is 0 Å². The molecule has 2 unspecified atom stereocenters. The fraction of sp³-hybridized carbons (Fsp3) is 0.714. The zero-order valence-corrected chi connectivity index (χ0v) is 10.9. The van der Waals surface area contributed by atoms with Crippen molar-refractivity contribution < 1.29 is 9.15 Å². The maximum Gasteiger partial charge on any atom is 0.133 e. The highest BCUT2D eigenvalue weighted by Crippen LogP contribution is 2.29. The maximum absolute atomic E-state index is 5.80. The van der Waals surface area contributed by atoms with Crippen LogP contribution in [0.25, 0.3) is 0 Å². The van der Waals surface area contributed by atoms with Crippen LogP contribution in [0.15, 0.2) is 16.5 Å². The third-order valence-electron chi connectivity index (χ3n) is 3.32. The van der Waals surface area contributed by atoms with Gasteiger partial charge in [-0.2, -0.15) is 0 Å². The Bertz CT molecular complexity index is 335. The van der Waals surface area contributed by atoms with E-state index in [1.165, 1.54) is 6.42 Å². The zero-order valence-electron chi connectivity index (χ0n) is 10.9. The Morgan fingerprint density at radius 3 is 2.94 bits per heavy atom. The summed E-state index contributed by atoms with van der Waals surface area (Å²) in [6.07, 6.45) is 4.40. The molecule has 2 heterocycles. The molecule has 2 rings (SSSR count). The Morgan fingerprint density at radius 1 is 1.35 bits per heavy atom. The average molecular weight is 237 g/mol. The molecule has 2 atom stereocenters. The van der Waals surface area contributed by atoms with E-state index in [9.17, 15) is 0 Å². The van der Waals surface area contributed by atoms with Crippen LogP contribution in [0.3, 0.4) is 0 Å². The summed E-state index contributed by atoms with van der Waals surface area (Å²) in [6, 6.07) is 4.69. The van der Waals surface area contributed by atoms with E-state index in [1.807, 2.05) is 0 Å². The van der Waals surface area contributed by atoms with Gasteiger partial charge in [0.2, 0.25) is 0 Å². The molecule has 1 aromatic rings. The number of aryl methyl sites for hydroxylation is 1. The SMILES string of the molecule is CCCNC1CCOC(c2ccc(CC)o2)C1. The number of ether oxygens (including phenoxy) is 1. The van der Waals surface area contributed by atoms with Gasteiger partial charge in [0.25, 0.3) is 0 Å². The third kappa shape index (κ3) is 3.33. The Hall–Kier alpha value is -0.800. The van der Waals surface area contributed by atoms with Gasteiger partial charge in [0.1, 0.15) is 17.6 Å². The van der Waals surface area contributed by atoms with E-state index in [1.54, 1.807) is 0 Å². The van der Waals surface area contributed by atoms with Crippen molar-refractivity contribution in [1.29, 1.82) is 0 Å². The molecule has 1 N–H and O–H groups in total. The molecule has 0 saturated carbocycles. The van der Waals surface area contributed by atoms with Gasteiger partial charge in [-0.1, -0.05) is 13.8 Å². The molecule has 3 heteroatoms. The molecule has 0 amide bonds. The molecule has 17 heavy (non-hydrogen) atoms. The van der Waals surface area contributed by atoms with Crippen molar-refractivity contribution in [2.24, 2.45) is 0 Å². The molecule has 1 fully saturated rings. The first-order chi connectivity index (χ1) is 8.33. The van der Waals surface area contributed by atoms with Gasteiger partial charge in [-0.3, -0.25) is 0 Å². The molecular weight excluding hydrogens is 214 g/mol. The third-order valence-corrected chi connectivity index (χ3v) is 3.32. The Kier molecular flexibility index (Phi) is 4.63. The van der Waals surface area contributed by atoms with E-state index in [0.717, 1.165) is 43.9 Å². The van der Waals surface area contributed by atoms with E-state index >= 15 is 0 Å². The lowest BCUT2D eigenvalue weighted by atomic mass is 10.0. The summed E-state index contributed by atoms with van der Waals surface area (Å²) in [6.45, 7) is 6.23. The van der Waals surface area contributed by atoms with Crippen molar-refractivity contribution in [2.75, 3.05) is 13.2 Å². The first kappa shape index (κ1) is 12.7. The van der Waals surface area contributed by atoms with Crippen molar-refractivity contribution in [3.8, 4) is 0 Å². The number of rotatable bonds is 5. The molecule has 96 valence electrons. The van der Waals surface area contributed by atoms with Crippen molar-refractivity contribution >= 4 is 0 Å².